The molecule has 1 rings (SSSR count). The van der Waals surface area contributed by atoms with E-state index in [1.807, 2.05) is 18.2 Å². The first-order valence-corrected chi connectivity index (χ1v) is 5.04. The molecule has 1 aromatic rings. The van der Waals surface area contributed by atoms with Crippen LogP contribution < -0.4 is 5.73 Å². The molecular formula is C12H15N3O. The van der Waals surface area contributed by atoms with Crippen molar-refractivity contribution in [1.82, 2.24) is 4.90 Å². The Kier molecular flexibility index (Phi) is 4.03. The lowest BCUT2D eigenvalue weighted by Gasteiger charge is -2.19. The molecule has 16 heavy (non-hydrogen) atoms. The lowest BCUT2D eigenvalue weighted by molar-refractivity contribution is -0.131. The third kappa shape index (κ3) is 3.07. The van der Waals surface area contributed by atoms with E-state index in [2.05, 4.69) is 0 Å². The number of amides is 1. The van der Waals surface area contributed by atoms with E-state index < -0.39 is 6.04 Å². The lowest BCUT2D eigenvalue weighted by Crippen LogP contribution is -2.39. The van der Waals surface area contributed by atoms with E-state index in [4.69, 9.17) is 11.0 Å². The summed E-state index contributed by atoms with van der Waals surface area (Å²) in [6.07, 6.45) is 0. The van der Waals surface area contributed by atoms with E-state index in [9.17, 15) is 4.79 Å². The fraction of sp³-hybridized carbons (Fsp3) is 0.333. The third-order valence-electron chi connectivity index (χ3n) is 2.27. The van der Waals surface area contributed by atoms with Crippen LogP contribution in [0.25, 0.3) is 0 Å². The summed E-state index contributed by atoms with van der Waals surface area (Å²) in [6, 6.07) is 8.71. The van der Waals surface area contributed by atoms with Gasteiger partial charge in [-0.3, -0.25) is 4.79 Å². The summed E-state index contributed by atoms with van der Waals surface area (Å²) in [5.41, 5.74) is 7.10. The van der Waals surface area contributed by atoms with Crippen LogP contribution in [0.2, 0.25) is 0 Å². The average molecular weight is 217 g/mol. The minimum atomic E-state index is -0.483. The summed E-state index contributed by atoms with van der Waals surface area (Å²) < 4.78 is 0. The Balaban J connectivity index is 2.67. The Morgan fingerprint density at radius 2 is 2.06 bits per heavy atom. The maximum atomic E-state index is 11.5. The number of nitriles is 1. The van der Waals surface area contributed by atoms with E-state index in [0.717, 1.165) is 5.56 Å². The molecule has 4 heteroatoms. The Bertz CT molecular complexity index is 403. The maximum absolute atomic E-state index is 11.5. The molecule has 0 radical (unpaired) electrons. The van der Waals surface area contributed by atoms with E-state index >= 15 is 0 Å². The number of hydrogen-bond donors (Lipinski definition) is 1. The second-order valence-corrected chi connectivity index (χ2v) is 3.79. The Hall–Kier alpha value is -1.86. The van der Waals surface area contributed by atoms with Crippen LogP contribution in [-0.4, -0.2) is 23.9 Å². The van der Waals surface area contributed by atoms with Crippen LogP contribution >= 0.6 is 0 Å². The van der Waals surface area contributed by atoms with Crippen LogP contribution in [0.3, 0.4) is 0 Å². The predicted octanol–water partition coefficient (Wildman–Crippen LogP) is 0.864. The van der Waals surface area contributed by atoms with Gasteiger partial charge in [-0.2, -0.15) is 5.26 Å². The zero-order valence-corrected chi connectivity index (χ0v) is 9.47. The van der Waals surface area contributed by atoms with Gasteiger partial charge < -0.3 is 10.6 Å². The molecule has 0 fully saturated rings. The Morgan fingerprint density at radius 1 is 1.50 bits per heavy atom. The lowest BCUT2D eigenvalue weighted by atomic mass is 10.1. The van der Waals surface area contributed by atoms with Crippen molar-refractivity contribution in [2.75, 3.05) is 7.05 Å². The van der Waals surface area contributed by atoms with Crippen molar-refractivity contribution >= 4 is 5.91 Å². The highest BCUT2D eigenvalue weighted by molar-refractivity contribution is 5.80. The molecule has 0 spiro atoms. The van der Waals surface area contributed by atoms with Crippen molar-refractivity contribution in [3.05, 3.63) is 35.4 Å². The first-order valence-electron chi connectivity index (χ1n) is 5.04. The molecule has 0 saturated carbocycles. The standard InChI is InChI=1S/C12H15N3O/c1-9(14)12(16)15(2)8-11-5-3-10(7-13)4-6-11/h3-6,9H,8,14H2,1-2H3/t9-/m1/s1. The largest absolute Gasteiger partial charge is 0.340 e. The summed E-state index contributed by atoms with van der Waals surface area (Å²) in [6.45, 7) is 2.17. The molecule has 1 amide bonds. The fourth-order valence-corrected chi connectivity index (χ4v) is 1.38. The zero-order valence-electron chi connectivity index (χ0n) is 9.47. The van der Waals surface area contributed by atoms with Gasteiger partial charge in [-0.05, 0) is 24.6 Å². The highest BCUT2D eigenvalue weighted by atomic mass is 16.2. The number of carbonyl (C=O) groups is 1. The number of carbonyl (C=O) groups excluding carboxylic acids is 1. The topological polar surface area (TPSA) is 70.1 Å². The second-order valence-electron chi connectivity index (χ2n) is 3.79. The summed E-state index contributed by atoms with van der Waals surface area (Å²) in [7, 11) is 1.71. The number of nitrogens with zero attached hydrogens (tertiary/aromatic N) is 2. The number of rotatable bonds is 3. The fourth-order valence-electron chi connectivity index (χ4n) is 1.38. The average Bonchev–Trinajstić information content (AvgIpc) is 2.28. The van der Waals surface area contributed by atoms with Crippen molar-refractivity contribution in [3.8, 4) is 6.07 Å². The van der Waals surface area contributed by atoms with Crippen LogP contribution in [0.1, 0.15) is 18.1 Å². The van der Waals surface area contributed by atoms with Gasteiger partial charge in [-0.15, -0.1) is 0 Å². The van der Waals surface area contributed by atoms with Crippen LogP contribution in [0.5, 0.6) is 0 Å². The van der Waals surface area contributed by atoms with Gasteiger partial charge >= 0.3 is 0 Å². The summed E-state index contributed by atoms with van der Waals surface area (Å²) in [5.74, 6) is -0.0932. The summed E-state index contributed by atoms with van der Waals surface area (Å²) in [5, 5.41) is 8.64. The second kappa shape index (κ2) is 5.29. The van der Waals surface area contributed by atoms with Crippen molar-refractivity contribution in [1.29, 1.82) is 5.26 Å². The SMILES string of the molecule is C[C@@H](N)C(=O)N(C)Cc1ccc(C#N)cc1. The van der Waals surface area contributed by atoms with E-state index in [1.54, 1.807) is 31.0 Å². The van der Waals surface area contributed by atoms with E-state index in [0.29, 0.717) is 12.1 Å². The van der Waals surface area contributed by atoms with Gasteiger partial charge in [-0.1, -0.05) is 12.1 Å². The summed E-state index contributed by atoms with van der Waals surface area (Å²) in [4.78, 5) is 13.1. The highest BCUT2D eigenvalue weighted by Gasteiger charge is 2.13. The number of benzene rings is 1. The molecule has 0 unspecified atom stereocenters. The van der Waals surface area contributed by atoms with Crippen molar-refractivity contribution in [2.24, 2.45) is 5.73 Å². The number of likely N-dealkylation sites (N-methyl/N-ethyl adjacent to an activating group) is 1. The minimum Gasteiger partial charge on any atom is -0.340 e. The molecule has 84 valence electrons. The molecule has 0 bridgehead atoms. The molecule has 1 aromatic carbocycles. The quantitative estimate of drug-likeness (QED) is 0.816. The maximum Gasteiger partial charge on any atom is 0.239 e. The molecular weight excluding hydrogens is 202 g/mol. The van der Waals surface area contributed by atoms with Gasteiger partial charge in [0.05, 0.1) is 17.7 Å². The van der Waals surface area contributed by atoms with Gasteiger partial charge in [-0.25, -0.2) is 0 Å². The van der Waals surface area contributed by atoms with E-state index in [1.165, 1.54) is 0 Å². The van der Waals surface area contributed by atoms with Gasteiger partial charge in [0.1, 0.15) is 0 Å². The van der Waals surface area contributed by atoms with Crippen LogP contribution in [0, 0.1) is 11.3 Å². The van der Waals surface area contributed by atoms with Crippen molar-refractivity contribution in [2.45, 2.75) is 19.5 Å². The van der Waals surface area contributed by atoms with Crippen molar-refractivity contribution in [3.63, 3.8) is 0 Å². The van der Waals surface area contributed by atoms with Gasteiger partial charge in [0.2, 0.25) is 5.91 Å². The molecule has 1 atom stereocenters. The molecule has 0 aliphatic carbocycles. The first kappa shape index (κ1) is 12.2. The Labute approximate surface area is 95.3 Å². The Morgan fingerprint density at radius 3 is 2.50 bits per heavy atom. The van der Waals surface area contributed by atoms with Crippen molar-refractivity contribution < 1.29 is 4.79 Å². The van der Waals surface area contributed by atoms with Gasteiger partial charge in [0.15, 0.2) is 0 Å². The molecule has 0 saturated heterocycles. The number of nitrogens with two attached hydrogens (primary N) is 1. The molecule has 2 N–H and O–H groups in total. The first-order chi connectivity index (χ1) is 7.54. The molecule has 0 aliphatic heterocycles. The molecule has 0 aliphatic rings. The summed E-state index contributed by atoms with van der Waals surface area (Å²) >= 11 is 0. The third-order valence-corrected chi connectivity index (χ3v) is 2.27. The normalized spacial score (nSPS) is 11.6. The smallest absolute Gasteiger partial charge is 0.239 e. The molecule has 4 nitrogen and oxygen atoms in total. The highest BCUT2D eigenvalue weighted by Crippen LogP contribution is 2.06. The van der Waals surface area contributed by atoms with Crippen LogP contribution in [0.15, 0.2) is 24.3 Å². The van der Waals surface area contributed by atoms with E-state index in [-0.39, 0.29) is 5.91 Å². The van der Waals surface area contributed by atoms with Crippen LogP contribution in [0.4, 0.5) is 0 Å². The monoisotopic (exact) mass is 217 g/mol. The zero-order chi connectivity index (χ0) is 12.1. The molecule has 0 aromatic heterocycles. The molecule has 0 heterocycles. The van der Waals surface area contributed by atoms with Crippen LogP contribution in [-0.2, 0) is 11.3 Å². The van der Waals surface area contributed by atoms with Gasteiger partial charge in [0.25, 0.3) is 0 Å². The predicted molar refractivity (Wildman–Crippen MR) is 61.3 cm³/mol. The van der Waals surface area contributed by atoms with Gasteiger partial charge in [0, 0.05) is 13.6 Å². The number of hydrogen-bond acceptors (Lipinski definition) is 3. The minimum absolute atomic E-state index is 0.0932.